The van der Waals surface area contributed by atoms with Crippen molar-refractivity contribution in [1.29, 1.82) is 0 Å². The summed E-state index contributed by atoms with van der Waals surface area (Å²) in [5, 5.41) is 0. The molecule has 4 atom stereocenters. The van der Waals surface area contributed by atoms with Crippen LogP contribution in [0.3, 0.4) is 0 Å². The number of ether oxygens (including phenoxy) is 5. The molecule has 1 saturated heterocycles. The molecular formula is C20H31IO7. The molecular weight excluding hydrogens is 479 g/mol. The molecule has 0 aromatic rings. The van der Waals surface area contributed by atoms with E-state index in [9.17, 15) is 9.59 Å². The summed E-state index contributed by atoms with van der Waals surface area (Å²) in [5.74, 6) is -1.77. The number of rotatable bonds is 9. The first-order valence-electron chi connectivity index (χ1n) is 9.97. The van der Waals surface area contributed by atoms with Gasteiger partial charge in [-0.3, -0.25) is 9.59 Å². The monoisotopic (exact) mass is 510 g/mol. The van der Waals surface area contributed by atoms with Crippen molar-refractivity contribution in [2.75, 3.05) is 45.3 Å². The van der Waals surface area contributed by atoms with E-state index in [1.54, 1.807) is 7.11 Å². The van der Waals surface area contributed by atoms with Gasteiger partial charge in [0.15, 0.2) is 11.6 Å². The number of methoxy groups -OCH3 is 2. The molecule has 2 saturated carbocycles. The number of hydrogen-bond donors (Lipinski definition) is 0. The number of carbonyl (C=O) groups is 2. The van der Waals surface area contributed by atoms with Gasteiger partial charge in [-0.15, -0.1) is 0 Å². The van der Waals surface area contributed by atoms with Crippen LogP contribution in [0.4, 0.5) is 0 Å². The van der Waals surface area contributed by atoms with Gasteiger partial charge in [-0.05, 0) is 41.4 Å². The number of hydrogen-bond acceptors (Lipinski definition) is 7. The number of carbonyl (C=O) groups excluding carboxylic acids is 2. The van der Waals surface area contributed by atoms with Crippen molar-refractivity contribution >= 4 is 34.3 Å². The molecule has 0 N–H and O–H groups in total. The summed E-state index contributed by atoms with van der Waals surface area (Å²) >= 11 is 2.29. The number of esters is 1. The molecule has 8 heteroatoms. The second-order valence-electron chi connectivity index (χ2n) is 8.15. The quantitative estimate of drug-likeness (QED) is 0.118. The summed E-state index contributed by atoms with van der Waals surface area (Å²) in [5.41, 5.74) is -1.70. The average molecular weight is 510 g/mol. The summed E-state index contributed by atoms with van der Waals surface area (Å²) in [4.78, 5) is 27.1. The second kappa shape index (κ2) is 8.83. The highest BCUT2D eigenvalue weighted by molar-refractivity contribution is 14.1. The fourth-order valence-corrected chi connectivity index (χ4v) is 6.33. The summed E-state index contributed by atoms with van der Waals surface area (Å²) in [7, 11) is 2.95. The smallest absolute Gasteiger partial charge is 0.319 e. The molecule has 3 fully saturated rings. The molecule has 0 aromatic carbocycles. The van der Waals surface area contributed by atoms with Gasteiger partial charge < -0.3 is 23.7 Å². The maximum Gasteiger partial charge on any atom is 0.319 e. The largest absolute Gasteiger partial charge is 0.468 e. The average Bonchev–Trinajstić information content (AvgIpc) is 3.24. The van der Waals surface area contributed by atoms with Crippen molar-refractivity contribution in [3.63, 3.8) is 0 Å². The van der Waals surface area contributed by atoms with Gasteiger partial charge in [0, 0.05) is 13.5 Å². The number of fused-ring (bicyclic) bond motifs is 3. The molecule has 3 rings (SSSR count). The Morgan fingerprint density at radius 1 is 1.21 bits per heavy atom. The molecule has 0 aromatic heterocycles. The fraction of sp³-hybridized carbons (Fsp3) is 0.900. The van der Waals surface area contributed by atoms with Crippen molar-refractivity contribution in [1.82, 2.24) is 0 Å². The van der Waals surface area contributed by atoms with E-state index < -0.39 is 28.5 Å². The molecule has 1 heterocycles. The molecule has 160 valence electrons. The Morgan fingerprint density at radius 2 is 1.93 bits per heavy atom. The van der Waals surface area contributed by atoms with Crippen molar-refractivity contribution < 1.29 is 33.3 Å². The fourth-order valence-electron chi connectivity index (χ4n) is 5.95. The van der Waals surface area contributed by atoms with E-state index in [4.69, 9.17) is 23.7 Å². The van der Waals surface area contributed by atoms with Gasteiger partial charge in [-0.1, -0.05) is 29.5 Å². The van der Waals surface area contributed by atoms with Crippen LogP contribution in [0.1, 0.15) is 39.0 Å². The van der Waals surface area contributed by atoms with Gasteiger partial charge in [0.2, 0.25) is 0 Å². The van der Waals surface area contributed by atoms with E-state index in [1.165, 1.54) is 7.11 Å². The standard InChI is InChI=1S/C20H31IO7/c1-14-11-20(27-9-10-28-20)15-12-18(14,6-8-26-13-24-2)19(16(15)22,5-4-7-21)17(23)25-3/h14-15H,4-13H2,1-3H3/t14-,15-,18+,19-/m0/s1. The molecule has 7 nitrogen and oxygen atoms in total. The normalized spacial score (nSPS) is 36.2. The molecule has 2 aliphatic carbocycles. The van der Waals surface area contributed by atoms with Crippen molar-refractivity contribution in [3.05, 3.63) is 0 Å². The highest BCUT2D eigenvalue weighted by Gasteiger charge is 2.76. The van der Waals surface area contributed by atoms with E-state index in [2.05, 4.69) is 29.5 Å². The lowest BCUT2D eigenvalue weighted by molar-refractivity contribution is -0.228. The zero-order valence-electron chi connectivity index (χ0n) is 17.0. The predicted octanol–water partition coefficient (Wildman–Crippen LogP) is 2.73. The topological polar surface area (TPSA) is 80.3 Å². The van der Waals surface area contributed by atoms with Crippen molar-refractivity contribution in [2.45, 2.75) is 44.8 Å². The first-order chi connectivity index (χ1) is 13.4. The Morgan fingerprint density at radius 3 is 2.54 bits per heavy atom. The highest BCUT2D eigenvalue weighted by Crippen LogP contribution is 2.69. The summed E-state index contributed by atoms with van der Waals surface area (Å²) in [6.07, 6.45) is 3.04. The zero-order chi connectivity index (χ0) is 20.4. The third-order valence-electron chi connectivity index (χ3n) is 7.11. The summed E-state index contributed by atoms with van der Waals surface area (Å²) in [6.45, 7) is 3.70. The van der Waals surface area contributed by atoms with Crippen LogP contribution in [0.25, 0.3) is 0 Å². The minimum absolute atomic E-state index is 0.0488. The maximum atomic E-state index is 13.9. The number of Topliss-reactive ketones (excluding diaryl/α,β-unsaturated/α-hetero) is 1. The molecule has 0 radical (unpaired) electrons. The SMILES string of the molecule is COCOCC[C@]12C[C@@H](C(=O)[C@@]1(CCCI)C(=O)OC)C1(C[C@@H]2C)OCCO1. The molecule has 1 aliphatic heterocycles. The van der Waals surface area contributed by atoms with E-state index in [0.717, 1.165) is 10.8 Å². The number of halogens is 1. The van der Waals surface area contributed by atoms with Crippen LogP contribution in [-0.2, 0) is 33.3 Å². The zero-order valence-corrected chi connectivity index (χ0v) is 19.1. The third kappa shape index (κ3) is 3.23. The van der Waals surface area contributed by atoms with Crippen LogP contribution in [0.2, 0.25) is 0 Å². The van der Waals surface area contributed by atoms with E-state index in [1.807, 2.05) is 0 Å². The lowest BCUT2D eigenvalue weighted by atomic mass is 9.54. The van der Waals surface area contributed by atoms with Gasteiger partial charge >= 0.3 is 5.97 Å². The Labute approximate surface area is 180 Å². The van der Waals surface area contributed by atoms with E-state index >= 15 is 0 Å². The van der Waals surface area contributed by atoms with Crippen LogP contribution in [0.15, 0.2) is 0 Å². The van der Waals surface area contributed by atoms with Gasteiger partial charge in [-0.2, -0.15) is 0 Å². The lowest BCUT2D eigenvalue weighted by Crippen LogP contribution is -2.53. The molecule has 2 bridgehead atoms. The maximum absolute atomic E-state index is 13.9. The van der Waals surface area contributed by atoms with Crippen LogP contribution in [-0.4, -0.2) is 62.8 Å². The minimum Gasteiger partial charge on any atom is -0.468 e. The second-order valence-corrected chi connectivity index (χ2v) is 9.22. The first-order valence-corrected chi connectivity index (χ1v) is 11.5. The van der Waals surface area contributed by atoms with E-state index in [-0.39, 0.29) is 18.5 Å². The Hall–Kier alpha value is -0.290. The minimum atomic E-state index is -1.17. The molecule has 0 unspecified atom stereocenters. The predicted molar refractivity (Wildman–Crippen MR) is 109 cm³/mol. The molecule has 28 heavy (non-hydrogen) atoms. The molecule has 0 amide bonds. The highest BCUT2D eigenvalue weighted by atomic mass is 127. The van der Waals surface area contributed by atoms with E-state index in [0.29, 0.717) is 45.5 Å². The first kappa shape index (κ1) is 22.4. The summed E-state index contributed by atoms with van der Waals surface area (Å²) < 4.78 is 28.7. The van der Waals surface area contributed by atoms with Gasteiger partial charge in [0.1, 0.15) is 12.2 Å². The number of ketones is 1. The Bertz CT molecular complexity index is 591. The third-order valence-corrected chi connectivity index (χ3v) is 7.87. The van der Waals surface area contributed by atoms with Gasteiger partial charge in [0.05, 0.1) is 32.8 Å². The van der Waals surface area contributed by atoms with Crippen molar-refractivity contribution in [2.24, 2.45) is 22.7 Å². The van der Waals surface area contributed by atoms with Crippen LogP contribution in [0, 0.1) is 22.7 Å². The van der Waals surface area contributed by atoms with Crippen molar-refractivity contribution in [3.8, 4) is 0 Å². The molecule has 3 aliphatic rings. The lowest BCUT2D eigenvalue weighted by Gasteiger charge is -2.50. The Balaban J connectivity index is 2.05. The van der Waals surface area contributed by atoms with Crippen LogP contribution in [0.5, 0.6) is 0 Å². The van der Waals surface area contributed by atoms with Gasteiger partial charge in [-0.25, -0.2) is 0 Å². The molecule has 1 spiro atoms. The Kier molecular flexibility index (Phi) is 7.06. The number of alkyl halides is 1. The summed E-state index contributed by atoms with van der Waals surface area (Å²) in [6, 6.07) is 0. The van der Waals surface area contributed by atoms with Crippen LogP contribution < -0.4 is 0 Å². The van der Waals surface area contributed by atoms with Crippen LogP contribution >= 0.6 is 22.6 Å². The van der Waals surface area contributed by atoms with Gasteiger partial charge in [0.25, 0.3) is 0 Å².